The van der Waals surface area contributed by atoms with Crippen molar-refractivity contribution in [1.82, 2.24) is 19.9 Å². The second-order valence-corrected chi connectivity index (χ2v) is 3.09. The van der Waals surface area contributed by atoms with Gasteiger partial charge in [-0.15, -0.1) is 0 Å². The number of nitrogens with one attached hydrogen (secondary N) is 2. The number of aromatic amines is 2. The second-order valence-electron chi connectivity index (χ2n) is 3.09. The SMILES string of the molecule is C=Cc1c[nH]c(C(=O)c2nc(C=C)c[nH]2)n1. The summed E-state index contributed by atoms with van der Waals surface area (Å²) in [6, 6.07) is 0. The fourth-order valence-electron chi connectivity index (χ4n) is 1.23. The molecule has 80 valence electrons. The Kier molecular flexibility index (Phi) is 2.51. The first kappa shape index (κ1) is 10.1. The molecule has 0 amide bonds. The molecule has 2 heterocycles. The number of imidazole rings is 2. The van der Waals surface area contributed by atoms with Crippen molar-refractivity contribution < 1.29 is 4.79 Å². The van der Waals surface area contributed by atoms with E-state index in [2.05, 4.69) is 33.1 Å². The Bertz CT molecular complexity index is 502. The quantitative estimate of drug-likeness (QED) is 0.760. The molecule has 0 spiro atoms. The third kappa shape index (κ3) is 1.70. The lowest BCUT2D eigenvalue weighted by Gasteiger charge is -1.90. The van der Waals surface area contributed by atoms with Crippen LogP contribution in [0.15, 0.2) is 25.6 Å². The highest BCUT2D eigenvalue weighted by atomic mass is 16.1. The van der Waals surface area contributed by atoms with Gasteiger partial charge in [0.1, 0.15) is 0 Å². The minimum Gasteiger partial charge on any atom is -0.341 e. The molecular weight excluding hydrogens is 204 g/mol. The van der Waals surface area contributed by atoms with E-state index in [0.29, 0.717) is 11.4 Å². The minimum absolute atomic E-state index is 0.236. The number of hydrogen-bond donors (Lipinski definition) is 2. The van der Waals surface area contributed by atoms with Gasteiger partial charge in [0, 0.05) is 12.4 Å². The van der Waals surface area contributed by atoms with Crippen molar-refractivity contribution in [3.05, 3.63) is 48.6 Å². The smallest absolute Gasteiger partial charge is 0.263 e. The third-order valence-corrected chi connectivity index (χ3v) is 2.04. The van der Waals surface area contributed by atoms with Crippen molar-refractivity contribution in [2.45, 2.75) is 0 Å². The molecule has 2 aromatic rings. The van der Waals surface area contributed by atoms with Crippen molar-refractivity contribution >= 4 is 17.9 Å². The molecule has 0 fully saturated rings. The Morgan fingerprint density at radius 2 is 1.50 bits per heavy atom. The molecule has 0 aliphatic heterocycles. The molecule has 5 nitrogen and oxygen atoms in total. The average molecular weight is 214 g/mol. The van der Waals surface area contributed by atoms with Crippen LogP contribution in [0.5, 0.6) is 0 Å². The molecule has 0 aliphatic carbocycles. The molecule has 0 saturated heterocycles. The third-order valence-electron chi connectivity index (χ3n) is 2.04. The largest absolute Gasteiger partial charge is 0.341 e. The number of ketones is 1. The van der Waals surface area contributed by atoms with Crippen LogP contribution in [-0.2, 0) is 0 Å². The molecule has 0 bridgehead atoms. The summed E-state index contributed by atoms with van der Waals surface area (Å²) in [4.78, 5) is 25.4. The van der Waals surface area contributed by atoms with Crippen LogP contribution in [-0.4, -0.2) is 25.7 Å². The Morgan fingerprint density at radius 1 is 1.06 bits per heavy atom. The summed E-state index contributed by atoms with van der Waals surface area (Å²) in [6.07, 6.45) is 6.34. The summed E-state index contributed by atoms with van der Waals surface area (Å²) in [5.74, 6) is 0.181. The predicted octanol–water partition coefficient (Wildman–Crippen LogP) is 1.65. The fraction of sp³-hybridized carbons (Fsp3) is 0. The lowest BCUT2D eigenvalue weighted by molar-refractivity contribution is 0.102. The topological polar surface area (TPSA) is 74.4 Å². The molecule has 0 unspecified atom stereocenters. The van der Waals surface area contributed by atoms with Crippen LogP contribution >= 0.6 is 0 Å². The Morgan fingerprint density at radius 3 is 1.81 bits per heavy atom. The van der Waals surface area contributed by atoms with Crippen LogP contribution in [0, 0.1) is 0 Å². The highest BCUT2D eigenvalue weighted by molar-refractivity contribution is 6.04. The predicted molar refractivity (Wildman–Crippen MR) is 60.8 cm³/mol. The molecular formula is C11H10N4O. The molecule has 16 heavy (non-hydrogen) atoms. The van der Waals surface area contributed by atoms with E-state index in [0.717, 1.165) is 0 Å². The van der Waals surface area contributed by atoms with Gasteiger partial charge in [-0.05, 0) is 12.2 Å². The number of rotatable bonds is 4. The van der Waals surface area contributed by atoms with Gasteiger partial charge in [-0.25, -0.2) is 9.97 Å². The van der Waals surface area contributed by atoms with Crippen LogP contribution in [0.4, 0.5) is 0 Å². The number of aromatic nitrogens is 4. The van der Waals surface area contributed by atoms with E-state index in [-0.39, 0.29) is 17.4 Å². The van der Waals surface area contributed by atoms with Crippen molar-refractivity contribution in [3.63, 3.8) is 0 Å². The van der Waals surface area contributed by atoms with E-state index < -0.39 is 0 Å². The zero-order valence-corrected chi connectivity index (χ0v) is 8.53. The van der Waals surface area contributed by atoms with Crippen LogP contribution in [0.3, 0.4) is 0 Å². The van der Waals surface area contributed by atoms with Gasteiger partial charge in [-0.2, -0.15) is 0 Å². The van der Waals surface area contributed by atoms with E-state index in [1.807, 2.05) is 0 Å². The maximum atomic E-state index is 11.8. The summed E-state index contributed by atoms with van der Waals surface area (Å²) in [5.41, 5.74) is 1.25. The molecule has 0 aliphatic rings. The first-order chi connectivity index (χ1) is 7.74. The number of hydrogen-bond acceptors (Lipinski definition) is 3. The second kappa shape index (κ2) is 3.98. The van der Waals surface area contributed by atoms with Gasteiger partial charge in [0.25, 0.3) is 5.78 Å². The van der Waals surface area contributed by atoms with Crippen LogP contribution in [0.2, 0.25) is 0 Å². The lowest BCUT2D eigenvalue weighted by atomic mass is 10.3. The van der Waals surface area contributed by atoms with Gasteiger partial charge in [0.15, 0.2) is 11.6 Å². The summed E-state index contributed by atoms with van der Waals surface area (Å²) in [6.45, 7) is 7.13. The molecule has 2 N–H and O–H groups in total. The average Bonchev–Trinajstić information content (AvgIpc) is 2.97. The summed E-state index contributed by atoms with van der Waals surface area (Å²) < 4.78 is 0. The van der Waals surface area contributed by atoms with E-state index in [9.17, 15) is 4.79 Å². The summed E-state index contributed by atoms with van der Waals surface area (Å²) >= 11 is 0. The summed E-state index contributed by atoms with van der Waals surface area (Å²) in [5, 5.41) is 0. The summed E-state index contributed by atoms with van der Waals surface area (Å²) in [7, 11) is 0. The maximum absolute atomic E-state index is 11.8. The Balaban J connectivity index is 2.30. The molecule has 0 aromatic carbocycles. The van der Waals surface area contributed by atoms with Gasteiger partial charge in [0.2, 0.25) is 0 Å². The normalized spacial score (nSPS) is 10.0. The van der Waals surface area contributed by atoms with Crippen molar-refractivity contribution in [2.24, 2.45) is 0 Å². The molecule has 2 rings (SSSR count). The zero-order chi connectivity index (χ0) is 11.5. The van der Waals surface area contributed by atoms with Crippen molar-refractivity contribution in [2.75, 3.05) is 0 Å². The Hall–Kier alpha value is -2.43. The zero-order valence-electron chi connectivity index (χ0n) is 8.53. The van der Waals surface area contributed by atoms with Gasteiger partial charge >= 0.3 is 0 Å². The monoisotopic (exact) mass is 214 g/mol. The van der Waals surface area contributed by atoms with Crippen LogP contribution in [0.25, 0.3) is 12.2 Å². The number of carbonyl (C=O) groups excluding carboxylic acids is 1. The maximum Gasteiger partial charge on any atom is 0.263 e. The highest BCUT2D eigenvalue weighted by Gasteiger charge is 2.15. The Labute approximate surface area is 92.0 Å². The number of carbonyl (C=O) groups is 1. The molecule has 2 aromatic heterocycles. The van der Waals surface area contributed by atoms with Crippen molar-refractivity contribution in [3.8, 4) is 0 Å². The molecule has 5 heteroatoms. The van der Waals surface area contributed by atoms with E-state index in [1.54, 1.807) is 24.5 Å². The van der Waals surface area contributed by atoms with Gasteiger partial charge in [-0.3, -0.25) is 4.79 Å². The molecule has 0 radical (unpaired) electrons. The number of nitrogens with zero attached hydrogens (tertiary/aromatic N) is 2. The standard InChI is InChI=1S/C11H10N4O/c1-3-7-5-12-10(14-7)9(16)11-13-6-8(4-2)15-11/h3-6H,1-2H2,(H,12,14)(H,13,15). The fourth-order valence-corrected chi connectivity index (χ4v) is 1.23. The van der Waals surface area contributed by atoms with Crippen LogP contribution in [0.1, 0.15) is 27.8 Å². The minimum atomic E-state index is -0.291. The van der Waals surface area contributed by atoms with Crippen LogP contribution < -0.4 is 0 Å². The van der Waals surface area contributed by atoms with E-state index >= 15 is 0 Å². The highest BCUT2D eigenvalue weighted by Crippen LogP contribution is 2.05. The first-order valence-electron chi connectivity index (χ1n) is 4.65. The van der Waals surface area contributed by atoms with Gasteiger partial charge in [0.05, 0.1) is 11.4 Å². The molecule has 0 atom stereocenters. The van der Waals surface area contributed by atoms with E-state index in [1.165, 1.54) is 0 Å². The first-order valence-corrected chi connectivity index (χ1v) is 4.65. The van der Waals surface area contributed by atoms with Gasteiger partial charge in [-0.1, -0.05) is 13.2 Å². The van der Waals surface area contributed by atoms with Crippen molar-refractivity contribution in [1.29, 1.82) is 0 Å². The van der Waals surface area contributed by atoms with E-state index in [4.69, 9.17) is 0 Å². The lowest BCUT2D eigenvalue weighted by Crippen LogP contribution is -2.05. The number of H-pyrrole nitrogens is 2. The van der Waals surface area contributed by atoms with Gasteiger partial charge < -0.3 is 9.97 Å². The molecule has 0 saturated carbocycles.